The minimum absolute atomic E-state index is 0.0217. The third-order valence-electron chi connectivity index (χ3n) is 4.56. The maximum absolute atomic E-state index is 12.6. The highest BCUT2D eigenvalue weighted by Gasteiger charge is 2.36. The molecular weight excluding hydrogens is 256 g/mol. The summed E-state index contributed by atoms with van der Waals surface area (Å²) in [5.74, 6) is 0.208. The molecule has 1 aromatic rings. The van der Waals surface area contributed by atoms with Gasteiger partial charge in [-0.3, -0.25) is 4.79 Å². The van der Waals surface area contributed by atoms with Crippen LogP contribution in [0, 0.1) is 5.41 Å². The van der Waals surface area contributed by atoms with Crippen molar-refractivity contribution in [3.63, 3.8) is 0 Å². The molecule has 1 saturated heterocycles. The number of rotatable bonds is 1. The van der Waals surface area contributed by atoms with Gasteiger partial charge >= 0.3 is 0 Å². The Morgan fingerprint density at radius 2 is 2.26 bits per heavy atom. The lowest BCUT2D eigenvalue weighted by molar-refractivity contribution is 0.0537. The number of carbonyl (C=O) groups is 1. The minimum atomic E-state index is 0.0217. The van der Waals surface area contributed by atoms with E-state index in [1.165, 1.54) is 16.9 Å². The first-order valence-electron chi connectivity index (χ1n) is 7.14. The van der Waals surface area contributed by atoms with Crippen LogP contribution in [0.25, 0.3) is 0 Å². The van der Waals surface area contributed by atoms with E-state index < -0.39 is 0 Å². The van der Waals surface area contributed by atoms with Gasteiger partial charge in [0.1, 0.15) is 0 Å². The van der Waals surface area contributed by atoms with Crippen LogP contribution in [-0.2, 0) is 12.8 Å². The smallest absolute Gasteiger partial charge is 0.263 e. The molecule has 1 unspecified atom stereocenters. The van der Waals surface area contributed by atoms with Crippen LogP contribution in [0.3, 0.4) is 0 Å². The van der Waals surface area contributed by atoms with Crippen molar-refractivity contribution in [3.8, 4) is 0 Å². The molecule has 0 radical (unpaired) electrons. The van der Waals surface area contributed by atoms with Crippen LogP contribution in [0.5, 0.6) is 0 Å². The van der Waals surface area contributed by atoms with Crippen molar-refractivity contribution >= 4 is 17.2 Å². The Morgan fingerprint density at radius 3 is 2.95 bits per heavy atom. The van der Waals surface area contributed by atoms with Gasteiger partial charge in [0.2, 0.25) is 0 Å². The van der Waals surface area contributed by atoms with Crippen molar-refractivity contribution in [1.82, 2.24) is 4.90 Å². The number of amides is 1. The molecule has 0 spiro atoms. The summed E-state index contributed by atoms with van der Waals surface area (Å²) >= 11 is 1.70. The van der Waals surface area contributed by atoms with Crippen LogP contribution >= 0.6 is 11.3 Å². The van der Waals surface area contributed by atoms with Gasteiger partial charge in [0.25, 0.3) is 5.91 Å². The van der Waals surface area contributed by atoms with E-state index in [0.717, 1.165) is 37.2 Å². The number of thiophene rings is 1. The highest BCUT2D eigenvalue weighted by molar-refractivity contribution is 7.14. The van der Waals surface area contributed by atoms with Gasteiger partial charge in [-0.2, -0.15) is 0 Å². The molecule has 3 nitrogen and oxygen atoms in total. The van der Waals surface area contributed by atoms with Crippen LogP contribution in [0.15, 0.2) is 6.07 Å². The van der Waals surface area contributed by atoms with E-state index in [9.17, 15) is 4.79 Å². The fourth-order valence-electron chi connectivity index (χ4n) is 3.14. The summed E-state index contributed by atoms with van der Waals surface area (Å²) in [5.41, 5.74) is 7.56. The van der Waals surface area contributed by atoms with Gasteiger partial charge in [-0.25, -0.2) is 0 Å². The summed E-state index contributed by atoms with van der Waals surface area (Å²) in [6.45, 7) is 5.89. The predicted molar refractivity (Wildman–Crippen MR) is 78.6 cm³/mol. The third kappa shape index (κ3) is 2.32. The number of fused-ring (bicyclic) bond motifs is 1. The Bertz CT molecular complexity index is 485. The zero-order chi connectivity index (χ0) is 13.6. The van der Waals surface area contributed by atoms with E-state index in [0.29, 0.717) is 0 Å². The van der Waals surface area contributed by atoms with Gasteiger partial charge in [-0.1, -0.05) is 13.8 Å². The number of aryl methyl sites for hydroxylation is 2. The number of piperidine rings is 1. The molecule has 1 aromatic heterocycles. The van der Waals surface area contributed by atoms with Gasteiger partial charge in [0.15, 0.2) is 0 Å². The van der Waals surface area contributed by atoms with Gasteiger partial charge in [0.05, 0.1) is 4.88 Å². The van der Waals surface area contributed by atoms with Crippen molar-refractivity contribution in [2.75, 3.05) is 13.1 Å². The number of nitrogens with zero attached hydrogens (tertiary/aromatic N) is 1. The fraction of sp³-hybridized carbons (Fsp3) is 0.667. The maximum Gasteiger partial charge on any atom is 0.263 e. The molecule has 1 fully saturated rings. The first-order valence-corrected chi connectivity index (χ1v) is 7.95. The third-order valence-corrected chi connectivity index (χ3v) is 5.78. The van der Waals surface area contributed by atoms with Crippen LogP contribution in [0.4, 0.5) is 0 Å². The van der Waals surface area contributed by atoms with E-state index in [1.54, 1.807) is 11.3 Å². The average molecular weight is 278 g/mol. The van der Waals surface area contributed by atoms with Gasteiger partial charge < -0.3 is 10.6 Å². The molecule has 1 atom stereocenters. The molecule has 2 heterocycles. The molecule has 1 aliphatic carbocycles. The number of likely N-dealkylation sites (tertiary alicyclic amines) is 1. The molecule has 104 valence electrons. The van der Waals surface area contributed by atoms with E-state index in [4.69, 9.17) is 5.73 Å². The quantitative estimate of drug-likeness (QED) is 0.857. The molecule has 2 N–H and O–H groups in total. The van der Waals surface area contributed by atoms with E-state index in [2.05, 4.69) is 19.9 Å². The standard InChI is InChI=1S/C15H22N2OS/c1-15(2)9-17(7-6-13(15)16)14(18)12-8-10-4-3-5-11(10)19-12/h8,13H,3-7,9,16H2,1-2H3. The van der Waals surface area contributed by atoms with Crippen LogP contribution in [0.2, 0.25) is 0 Å². The van der Waals surface area contributed by atoms with E-state index in [-0.39, 0.29) is 17.4 Å². The summed E-state index contributed by atoms with van der Waals surface area (Å²) in [5, 5.41) is 0. The predicted octanol–water partition coefficient (Wildman–Crippen LogP) is 2.44. The van der Waals surface area contributed by atoms with Crippen LogP contribution < -0.4 is 5.73 Å². The normalized spacial score (nSPS) is 25.4. The molecular formula is C15H22N2OS. The van der Waals surface area contributed by atoms with E-state index in [1.807, 2.05) is 4.90 Å². The first kappa shape index (κ1) is 13.1. The van der Waals surface area contributed by atoms with Crippen LogP contribution in [0.1, 0.15) is 46.8 Å². The number of carbonyl (C=O) groups excluding carboxylic acids is 1. The van der Waals surface area contributed by atoms with Gasteiger partial charge in [-0.05, 0) is 42.7 Å². The lowest BCUT2D eigenvalue weighted by Gasteiger charge is -2.42. The number of hydrogen-bond donors (Lipinski definition) is 1. The molecule has 3 rings (SSSR count). The maximum atomic E-state index is 12.6. The minimum Gasteiger partial charge on any atom is -0.337 e. The highest BCUT2D eigenvalue weighted by Crippen LogP contribution is 2.33. The van der Waals surface area contributed by atoms with Crippen molar-refractivity contribution in [3.05, 3.63) is 21.4 Å². The molecule has 0 aromatic carbocycles. The molecule has 0 bridgehead atoms. The summed E-state index contributed by atoms with van der Waals surface area (Å²) in [6, 6.07) is 2.32. The van der Waals surface area contributed by atoms with Crippen molar-refractivity contribution in [1.29, 1.82) is 0 Å². The Hall–Kier alpha value is -0.870. The highest BCUT2D eigenvalue weighted by atomic mass is 32.1. The molecule has 0 saturated carbocycles. The Labute approximate surface area is 118 Å². The monoisotopic (exact) mass is 278 g/mol. The van der Waals surface area contributed by atoms with Crippen LogP contribution in [-0.4, -0.2) is 29.9 Å². The van der Waals surface area contributed by atoms with Crippen molar-refractivity contribution < 1.29 is 4.79 Å². The SMILES string of the molecule is CC1(C)CN(C(=O)c2cc3c(s2)CCC3)CCC1N. The lowest BCUT2D eigenvalue weighted by Crippen LogP contribution is -2.53. The molecule has 19 heavy (non-hydrogen) atoms. The summed E-state index contributed by atoms with van der Waals surface area (Å²) < 4.78 is 0. The Morgan fingerprint density at radius 1 is 1.47 bits per heavy atom. The summed E-state index contributed by atoms with van der Waals surface area (Å²) in [4.78, 5) is 16.9. The molecule has 4 heteroatoms. The average Bonchev–Trinajstić information content (AvgIpc) is 2.92. The number of nitrogens with two attached hydrogens (primary N) is 1. The topological polar surface area (TPSA) is 46.3 Å². The van der Waals surface area contributed by atoms with Crippen molar-refractivity contribution in [2.24, 2.45) is 11.1 Å². The molecule has 2 aliphatic rings. The second-order valence-corrected chi connectivity index (χ2v) is 7.66. The van der Waals surface area contributed by atoms with E-state index >= 15 is 0 Å². The fourth-order valence-corrected chi connectivity index (χ4v) is 4.36. The Kier molecular flexibility index (Phi) is 3.18. The number of hydrogen-bond acceptors (Lipinski definition) is 3. The second-order valence-electron chi connectivity index (χ2n) is 6.52. The lowest BCUT2D eigenvalue weighted by atomic mass is 9.79. The summed E-state index contributed by atoms with van der Waals surface area (Å²) in [7, 11) is 0. The Balaban J connectivity index is 1.77. The van der Waals surface area contributed by atoms with Crippen molar-refractivity contribution in [2.45, 2.75) is 45.6 Å². The summed E-state index contributed by atoms with van der Waals surface area (Å²) in [6.07, 6.45) is 4.46. The first-order chi connectivity index (χ1) is 8.97. The largest absolute Gasteiger partial charge is 0.337 e. The van der Waals surface area contributed by atoms with Gasteiger partial charge in [-0.15, -0.1) is 11.3 Å². The molecule has 1 amide bonds. The van der Waals surface area contributed by atoms with Gasteiger partial charge in [0, 0.05) is 24.0 Å². The zero-order valence-corrected chi connectivity index (χ0v) is 12.6. The molecule has 1 aliphatic heterocycles. The second kappa shape index (κ2) is 4.60. The zero-order valence-electron chi connectivity index (χ0n) is 11.7.